The summed E-state index contributed by atoms with van der Waals surface area (Å²) in [6.45, 7) is 10.4. The number of thiocarbonyl (C=S) groups is 1. The summed E-state index contributed by atoms with van der Waals surface area (Å²) in [5.74, 6) is 0.860. The zero-order valence-corrected chi connectivity index (χ0v) is 20.0. The molecule has 0 aromatic heterocycles. The molecule has 0 saturated carbocycles. The van der Waals surface area contributed by atoms with Crippen molar-refractivity contribution < 1.29 is 19.1 Å². The molecule has 0 radical (unpaired) electrons. The number of hydrogen-bond donors (Lipinski definition) is 3. The van der Waals surface area contributed by atoms with Crippen molar-refractivity contribution in [2.75, 3.05) is 13.2 Å². The smallest absolute Gasteiger partial charge is 0.276 e. The number of carbonyl (C=O) groups is 2. The SMILES string of the molecule is Cc1ccc(C(C)C)c(OCC(=O)NNC(=S)NC(=O)c2ccccc2OCC(C)C)c1. The second-order valence-electron chi connectivity index (χ2n) is 8.14. The topological polar surface area (TPSA) is 88.7 Å². The van der Waals surface area contributed by atoms with Crippen LogP contribution in [0.3, 0.4) is 0 Å². The van der Waals surface area contributed by atoms with Gasteiger partial charge in [-0.3, -0.25) is 25.8 Å². The van der Waals surface area contributed by atoms with Crippen LogP contribution in [0.15, 0.2) is 42.5 Å². The molecule has 7 nitrogen and oxygen atoms in total. The maximum Gasteiger partial charge on any atom is 0.276 e. The van der Waals surface area contributed by atoms with Gasteiger partial charge in [0.2, 0.25) is 0 Å². The predicted octanol–water partition coefficient (Wildman–Crippen LogP) is 3.87. The molecule has 32 heavy (non-hydrogen) atoms. The summed E-state index contributed by atoms with van der Waals surface area (Å²) in [7, 11) is 0. The van der Waals surface area contributed by atoms with Gasteiger partial charge in [0.15, 0.2) is 11.7 Å². The standard InChI is InChI=1S/C24H31N3O4S/c1-15(2)13-30-20-9-7-6-8-19(20)23(29)25-24(32)27-26-22(28)14-31-21-12-17(5)10-11-18(21)16(3)4/h6-12,15-16H,13-14H2,1-5H3,(H,26,28)(H2,25,27,29,32). The maximum atomic E-state index is 12.6. The lowest BCUT2D eigenvalue weighted by Crippen LogP contribution is -2.49. The van der Waals surface area contributed by atoms with Gasteiger partial charge in [-0.05, 0) is 60.3 Å². The van der Waals surface area contributed by atoms with E-state index in [0.717, 1.165) is 11.1 Å². The van der Waals surface area contributed by atoms with Gasteiger partial charge in [-0.1, -0.05) is 52.0 Å². The van der Waals surface area contributed by atoms with Crippen LogP contribution in [0.4, 0.5) is 0 Å². The minimum Gasteiger partial charge on any atom is -0.492 e. The van der Waals surface area contributed by atoms with Crippen LogP contribution in [0, 0.1) is 12.8 Å². The molecule has 0 bridgehead atoms. The molecule has 0 aliphatic heterocycles. The maximum absolute atomic E-state index is 12.6. The number of aryl methyl sites for hydroxylation is 1. The van der Waals surface area contributed by atoms with Crippen molar-refractivity contribution in [1.29, 1.82) is 0 Å². The number of hydrazine groups is 1. The molecule has 0 atom stereocenters. The molecule has 2 aromatic rings. The molecule has 0 fully saturated rings. The number of rotatable bonds is 8. The summed E-state index contributed by atoms with van der Waals surface area (Å²) in [5.41, 5.74) is 7.37. The van der Waals surface area contributed by atoms with E-state index in [1.54, 1.807) is 24.3 Å². The van der Waals surface area contributed by atoms with Crippen LogP contribution >= 0.6 is 12.2 Å². The third kappa shape index (κ3) is 7.85. The van der Waals surface area contributed by atoms with Crippen molar-refractivity contribution in [2.24, 2.45) is 5.92 Å². The van der Waals surface area contributed by atoms with Crippen molar-refractivity contribution in [1.82, 2.24) is 16.2 Å². The van der Waals surface area contributed by atoms with E-state index >= 15 is 0 Å². The first-order valence-electron chi connectivity index (χ1n) is 10.5. The highest BCUT2D eigenvalue weighted by Gasteiger charge is 2.15. The number of carbonyl (C=O) groups excluding carboxylic acids is 2. The molecule has 0 aliphatic carbocycles. The summed E-state index contributed by atoms with van der Waals surface area (Å²) in [4.78, 5) is 24.7. The minimum absolute atomic E-state index is 0.0413. The Kier molecular flexibility index (Phi) is 9.46. The fourth-order valence-electron chi connectivity index (χ4n) is 2.79. The zero-order chi connectivity index (χ0) is 23.7. The third-order valence-electron chi connectivity index (χ3n) is 4.40. The van der Waals surface area contributed by atoms with Crippen LogP contribution in [0.25, 0.3) is 0 Å². The van der Waals surface area contributed by atoms with Crippen molar-refractivity contribution in [2.45, 2.75) is 40.5 Å². The monoisotopic (exact) mass is 457 g/mol. The van der Waals surface area contributed by atoms with Crippen molar-refractivity contribution in [3.63, 3.8) is 0 Å². The Bertz CT molecular complexity index is 960. The van der Waals surface area contributed by atoms with Crippen molar-refractivity contribution in [3.05, 3.63) is 59.2 Å². The molecule has 3 N–H and O–H groups in total. The number of para-hydroxylation sites is 1. The van der Waals surface area contributed by atoms with Crippen molar-refractivity contribution >= 4 is 29.1 Å². The lowest BCUT2D eigenvalue weighted by molar-refractivity contribution is -0.123. The van der Waals surface area contributed by atoms with E-state index in [-0.39, 0.29) is 17.6 Å². The molecule has 0 heterocycles. The fourth-order valence-corrected chi connectivity index (χ4v) is 2.93. The molecule has 0 saturated heterocycles. The first-order valence-corrected chi connectivity index (χ1v) is 10.9. The van der Waals surface area contributed by atoms with E-state index in [0.29, 0.717) is 29.6 Å². The van der Waals surface area contributed by atoms with E-state index in [1.807, 2.05) is 39.0 Å². The second kappa shape index (κ2) is 12.0. The first-order chi connectivity index (χ1) is 15.2. The molecule has 8 heteroatoms. The molecular weight excluding hydrogens is 426 g/mol. The lowest BCUT2D eigenvalue weighted by Gasteiger charge is -2.16. The molecule has 172 valence electrons. The first kappa shape index (κ1) is 25.1. The summed E-state index contributed by atoms with van der Waals surface area (Å²) < 4.78 is 11.4. The Morgan fingerprint density at radius 2 is 1.69 bits per heavy atom. The molecule has 0 aliphatic rings. The largest absolute Gasteiger partial charge is 0.492 e. The summed E-state index contributed by atoms with van der Waals surface area (Å²) in [6.07, 6.45) is 0. The molecular formula is C24H31N3O4S. The van der Waals surface area contributed by atoms with Gasteiger partial charge in [0, 0.05) is 0 Å². The third-order valence-corrected chi connectivity index (χ3v) is 4.60. The Hall–Kier alpha value is -3.13. The van der Waals surface area contributed by atoms with E-state index in [9.17, 15) is 9.59 Å². The van der Waals surface area contributed by atoms with E-state index in [2.05, 4.69) is 30.0 Å². The van der Waals surface area contributed by atoms with Gasteiger partial charge >= 0.3 is 0 Å². The quantitative estimate of drug-likeness (QED) is 0.412. The van der Waals surface area contributed by atoms with Crippen LogP contribution in [0.1, 0.15) is 55.1 Å². The van der Waals surface area contributed by atoms with Crippen LogP contribution in [-0.4, -0.2) is 30.1 Å². The number of amides is 2. The van der Waals surface area contributed by atoms with Gasteiger partial charge in [0.1, 0.15) is 11.5 Å². The number of hydrogen-bond acceptors (Lipinski definition) is 5. The minimum atomic E-state index is -0.436. The second-order valence-corrected chi connectivity index (χ2v) is 8.55. The highest BCUT2D eigenvalue weighted by Crippen LogP contribution is 2.27. The van der Waals surface area contributed by atoms with Gasteiger partial charge in [-0.2, -0.15) is 0 Å². The van der Waals surface area contributed by atoms with E-state index in [4.69, 9.17) is 21.7 Å². The van der Waals surface area contributed by atoms with Crippen LogP contribution in [0.5, 0.6) is 11.5 Å². The van der Waals surface area contributed by atoms with Crippen molar-refractivity contribution in [3.8, 4) is 11.5 Å². The van der Waals surface area contributed by atoms with Gasteiger partial charge in [0.05, 0.1) is 12.2 Å². The summed E-state index contributed by atoms with van der Waals surface area (Å²) >= 11 is 5.11. The van der Waals surface area contributed by atoms with Gasteiger partial charge < -0.3 is 9.47 Å². The van der Waals surface area contributed by atoms with Gasteiger partial charge in [0.25, 0.3) is 11.8 Å². The molecule has 2 amide bonds. The average Bonchev–Trinajstić information content (AvgIpc) is 2.74. The molecule has 0 unspecified atom stereocenters. The molecule has 2 aromatic carbocycles. The predicted molar refractivity (Wildman–Crippen MR) is 129 cm³/mol. The number of nitrogens with one attached hydrogen (secondary N) is 3. The number of benzene rings is 2. The van der Waals surface area contributed by atoms with Crippen LogP contribution in [-0.2, 0) is 4.79 Å². The summed E-state index contributed by atoms with van der Waals surface area (Å²) in [6, 6.07) is 12.8. The normalized spacial score (nSPS) is 10.6. The zero-order valence-electron chi connectivity index (χ0n) is 19.2. The Morgan fingerprint density at radius 1 is 0.969 bits per heavy atom. The lowest BCUT2D eigenvalue weighted by atomic mass is 10.0. The summed E-state index contributed by atoms with van der Waals surface area (Å²) in [5, 5.41) is 2.49. The van der Waals surface area contributed by atoms with E-state index in [1.165, 1.54) is 0 Å². The van der Waals surface area contributed by atoms with E-state index < -0.39 is 11.8 Å². The van der Waals surface area contributed by atoms with Gasteiger partial charge in [-0.25, -0.2) is 0 Å². The number of ether oxygens (including phenoxy) is 2. The average molecular weight is 458 g/mol. The Morgan fingerprint density at radius 3 is 2.38 bits per heavy atom. The highest BCUT2D eigenvalue weighted by atomic mass is 32.1. The fraction of sp³-hybridized carbons (Fsp3) is 0.375. The molecule has 0 spiro atoms. The Balaban J connectivity index is 1.85. The Labute approximate surface area is 194 Å². The highest BCUT2D eigenvalue weighted by molar-refractivity contribution is 7.80. The van der Waals surface area contributed by atoms with Crippen LogP contribution in [0.2, 0.25) is 0 Å². The molecule has 2 rings (SSSR count). The van der Waals surface area contributed by atoms with Crippen LogP contribution < -0.4 is 25.6 Å². The van der Waals surface area contributed by atoms with Gasteiger partial charge in [-0.15, -0.1) is 0 Å².